The van der Waals surface area contributed by atoms with E-state index in [-0.39, 0.29) is 17.1 Å². The van der Waals surface area contributed by atoms with Crippen LogP contribution in [0.4, 0.5) is 11.5 Å². The molecule has 0 saturated heterocycles. The molecule has 134 valence electrons. The van der Waals surface area contributed by atoms with Gasteiger partial charge in [0.05, 0.1) is 24.6 Å². The number of carbonyl (C=O) groups excluding carboxylic acids is 2. The average Bonchev–Trinajstić information content (AvgIpc) is 2.96. The summed E-state index contributed by atoms with van der Waals surface area (Å²) in [6, 6.07) is 7.17. The van der Waals surface area contributed by atoms with Crippen LogP contribution in [0.5, 0.6) is 0 Å². The minimum absolute atomic E-state index is 0.192. The molecule has 9 nitrogen and oxygen atoms in total. The summed E-state index contributed by atoms with van der Waals surface area (Å²) in [4.78, 5) is 23.5. The van der Waals surface area contributed by atoms with Crippen molar-refractivity contribution in [1.82, 2.24) is 5.16 Å². The first-order valence-corrected chi connectivity index (χ1v) is 8.95. The number of methoxy groups -OCH3 is 1. The zero-order valence-corrected chi connectivity index (χ0v) is 14.7. The molecule has 1 aromatic heterocycles. The summed E-state index contributed by atoms with van der Waals surface area (Å²) < 4.78 is 34.4. The monoisotopic (exact) mass is 367 g/mol. The fourth-order valence-electron chi connectivity index (χ4n) is 2.02. The molecule has 0 fully saturated rings. The Labute approximate surface area is 144 Å². The van der Waals surface area contributed by atoms with Crippen LogP contribution >= 0.6 is 0 Å². The Morgan fingerprint density at radius 2 is 1.92 bits per heavy atom. The number of aromatic nitrogens is 1. The van der Waals surface area contributed by atoms with E-state index >= 15 is 0 Å². The van der Waals surface area contributed by atoms with E-state index in [0.29, 0.717) is 5.76 Å². The van der Waals surface area contributed by atoms with Crippen molar-refractivity contribution in [3.63, 3.8) is 0 Å². The number of esters is 1. The van der Waals surface area contributed by atoms with Gasteiger partial charge in [-0.2, -0.15) is 0 Å². The van der Waals surface area contributed by atoms with E-state index in [4.69, 9.17) is 4.52 Å². The normalized spacial score (nSPS) is 11.0. The van der Waals surface area contributed by atoms with Gasteiger partial charge in [-0.1, -0.05) is 5.16 Å². The number of hydrogen-bond acceptors (Lipinski definition) is 7. The van der Waals surface area contributed by atoms with Gasteiger partial charge in [0, 0.05) is 6.07 Å². The molecule has 10 heteroatoms. The van der Waals surface area contributed by atoms with Crippen molar-refractivity contribution in [2.24, 2.45) is 0 Å². The number of nitrogens with one attached hydrogen (secondary N) is 1. The Kier molecular flexibility index (Phi) is 5.42. The second-order valence-corrected chi connectivity index (χ2v) is 7.09. The van der Waals surface area contributed by atoms with Gasteiger partial charge in [-0.3, -0.25) is 9.10 Å². The Balaban J connectivity index is 2.19. The second-order valence-electron chi connectivity index (χ2n) is 5.18. The van der Waals surface area contributed by atoms with Gasteiger partial charge in [-0.15, -0.1) is 0 Å². The van der Waals surface area contributed by atoms with Crippen LogP contribution in [0.25, 0.3) is 0 Å². The van der Waals surface area contributed by atoms with Crippen LogP contribution in [-0.2, 0) is 19.6 Å². The van der Waals surface area contributed by atoms with Gasteiger partial charge < -0.3 is 14.6 Å². The highest BCUT2D eigenvalue weighted by molar-refractivity contribution is 7.92. The largest absolute Gasteiger partial charge is 0.465 e. The number of benzene rings is 1. The highest BCUT2D eigenvalue weighted by atomic mass is 32.2. The Hall–Kier alpha value is -2.88. The standard InChI is InChI=1S/C15H17N3O6S/c1-10-8-13(17-24-10)16-14(19)9-18(25(3,21)22)12-6-4-11(5-7-12)15(20)23-2/h4-8H,9H2,1-3H3,(H,16,17,19). The molecule has 1 N–H and O–H groups in total. The SMILES string of the molecule is COC(=O)c1ccc(N(CC(=O)Nc2cc(C)on2)S(C)(=O)=O)cc1. The first-order chi connectivity index (χ1) is 11.7. The summed E-state index contributed by atoms with van der Waals surface area (Å²) >= 11 is 0. The van der Waals surface area contributed by atoms with Crippen molar-refractivity contribution < 1.29 is 27.3 Å². The van der Waals surface area contributed by atoms with Crippen molar-refractivity contribution in [1.29, 1.82) is 0 Å². The van der Waals surface area contributed by atoms with E-state index in [9.17, 15) is 18.0 Å². The molecule has 0 atom stereocenters. The Morgan fingerprint density at radius 1 is 1.28 bits per heavy atom. The van der Waals surface area contributed by atoms with Crippen LogP contribution in [-0.4, -0.2) is 45.4 Å². The number of ether oxygens (including phenoxy) is 1. The van der Waals surface area contributed by atoms with E-state index in [2.05, 4.69) is 15.2 Å². The van der Waals surface area contributed by atoms with E-state index in [1.165, 1.54) is 37.4 Å². The third-order valence-electron chi connectivity index (χ3n) is 3.16. The summed E-state index contributed by atoms with van der Waals surface area (Å²) in [5, 5.41) is 6.06. The molecule has 0 spiro atoms. The summed E-state index contributed by atoms with van der Waals surface area (Å²) in [5.74, 6) is -0.432. The van der Waals surface area contributed by atoms with Gasteiger partial charge in [0.25, 0.3) is 0 Å². The molecule has 0 bridgehead atoms. The highest BCUT2D eigenvalue weighted by Crippen LogP contribution is 2.19. The lowest BCUT2D eigenvalue weighted by Crippen LogP contribution is -2.37. The summed E-state index contributed by atoms with van der Waals surface area (Å²) in [7, 11) is -2.48. The smallest absolute Gasteiger partial charge is 0.337 e. The van der Waals surface area contributed by atoms with E-state index in [0.717, 1.165) is 10.6 Å². The maximum absolute atomic E-state index is 12.1. The van der Waals surface area contributed by atoms with Crippen molar-refractivity contribution in [2.75, 3.05) is 29.5 Å². The minimum Gasteiger partial charge on any atom is -0.465 e. The van der Waals surface area contributed by atoms with Crippen molar-refractivity contribution >= 4 is 33.4 Å². The molecule has 0 aliphatic heterocycles. The molecule has 1 heterocycles. The number of anilines is 2. The number of nitrogens with zero attached hydrogens (tertiary/aromatic N) is 2. The van der Waals surface area contributed by atoms with Gasteiger partial charge in [0.15, 0.2) is 5.82 Å². The predicted octanol–water partition coefficient (Wildman–Crippen LogP) is 1.17. The van der Waals surface area contributed by atoms with Crippen molar-refractivity contribution in [3.8, 4) is 0 Å². The molecule has 0 radical (unpaired) electrons. The van der Waals surface area contributed by atoms with Gasteiger partial charge in [-0.25, -0.2) is 13.2 Å². The quantitative estimate of drug-likeness (QED) is 0.761. The lowest BCUT2D eigenvalue weighted by atomic mass is 10.2. The average molecular weight is 367 g/mol. The molecule has 0 unspecified atom stereocenters. The number of hydrogen-bond donors (Lipinski definition) is 1. The maximum atomic E-state index is 12.1. The van der Waals surface area contributed by atoms with Gasteiger partial charge in [0.2, 0.25) is 15.9 Å². The third kappa shape index (κ3) is 4.80. The third-order valence-corrected chi connectivity index (χ3v) is 4.30. The fourth-order valence-corrected chi connectivity index (χ4v) is 2.88. The molecule has 0 aliphatic rings. The van der Waals surface area contributed by atoms with Crippen LogP contribution in [0.2, 0.25) is 0 Å². The summed E-state index contributed by atoms with van der Waals surface area (Å²) in [5.41, 5.74) is 0.504. The van der Waals surface area contributed by atoms with Crippen LogP contribution in [0, 0.1) is 6.92 Å². The first kappa shape index (κ1) is 18.5. The molecule has 0 aliphatic carbocycles. The molecular weight excluding hydrogens is 350 g/mol. The van der Waals surface area contributed by atoms with Gasteiger partial charge in [-0.05, 0) is 31.2 Å². The number of aryl methyl sites for hydroxylation is 1. The predicted molar refractivity (Wildman–Crippen MR) is 89.8 cm³/mol. The maximum Gasteiger partial charge on any atom is 0.337 e. The van der Waals surface area contributed by atoms with Gasteiger partial charge in [0.1, 0.15) is 12.3 Å². The zero-order chi connectivity index (χ0) is 18.6. The van der Waals surface area contributed by atoms with Crippen molar-refractivity contribution in [2.45, 2.75) is 6.92 Å². The molecule has 1 aromatic carbocycles. The number of amides is 1. The molecule has 2 rings (SSSR count). The molecule has 1 amide bonds. The number of carbonyl (C=O) groups is 2. The summed E-state index contributed by atoms with van der Waals surface area (Å²) in [6.07, 6.45) is 0.981. The summed E-state index contributed by atoms with van der Waals surface area (Å²) in [6.45, 7) is 1.20. The molecule has 2 aromatic rings. The highest BCUT2D eigenvalue weighted by Gasteiger charge is 2.22. The number of sulfonamides is 1. The van der Waals surface area contributed by atoms with Gasteiger partial charge >= 0.3 is 5.97 Å². The van der Waals surface area contributed by atoms with Crippen LogP contribution in [0.15, 0.2) is 34.9 Å². The van der Waals surface area contributed by atoms with Crippen LogP contribution in [0.1, 0.15) is 16.1 Å². The number of rotatable bonds is 6. The second kappa shape index (κ2) is 7.34. The van der Waals surface area contributed by atoms with E-state index in [1.54, 1.807) is 6.92 Å². The zero-order valence-electron chi connectivity index (χ0n) is 13.8. The molecule has 0 saturated carbocycles. The van der Waals surface area contributed by atoms with E-state index < -0.39 is 28.4 Å². The Morgan fingerprint density at radius 3 is 2.40 bits per heavy atom. The first-order valence-electron chi connectivity index (χ1n) is 7.10. The topological polar surface area (TPSA) is 119 Å². The molecular formula is C15H17N3O6S. The van der Waals surface area contributed by atoms with Crippen molar-refractivity contribution in [3.05, 3.63) is 41.7 Å². The van der Waals surface area contributed by atoms with Crippen LogP contribution < -0.4 is 9.62 Å². The fraction of sp³-hybridized carbons (Fsp3) is 0.267. The van der Waals surface area contributed by atoms with E-state index in [1.807, 2.05) is 0 Å². The Bertz CT molecular complexity index is 873. The molecule has 25 heavy (non-hydrogen) atoms. The lowest BCUT2D eigenvalue weighted by Gasteiger charge is -2.21. The minimum atomic E-state index is -3.73. The lowest BCUT2D eigenvalue weighted by molar-refractivity contribution is -0.114. The van der Waals surface area contributed by atoms with Crippen LogP contribution in [0.3, 0.4) is 0 Å².